The van der Waals surface area contributed by atoms with Crippen LogP contribution in [0.1, 0.15) is 36.8 Å². The molecule has 2 N–H and O–H groups in total. The molecule has 4 heteroatoms. The predicted octanol–water partition coefficient (Wildman–Crippen LogP) is 2.13. The number of rotatable bonds is 1. The van der Waals surface area contributed by atoms with Crippen molar-refractivity contribution in [3.8, 4) is 0 Å². The van der Waals surface area contributed by atoms with Crippen molar-refractivity contribution in [2.24, 2.45) is 5.73 Å². The Hall–Kier alpha value is -1.09. The first kappa shape index (κ1) is 11.0. The van der Waals surface area contributed by atoms with Gasteiger partial charge in [-0.3, -0.25) is 4.79 Å². The van der Waals surface area contributed by atoms with Crippen molar-refractivity contribution >= 4 is 17.5 Å². The Labute approximate surface area is 88.3 Å². The van der Waals surface area contributed by atoms with E-state index in [1.807, 2.05) is 20.8 Å². The zero-order valence-electron chi connectivity index (χ0n) is 8.47. The molecule has 0 aliphatic heterocycles. The Bertz CT molecular complexity index is 369. The molecule has 76 valence electrons. The van der Waals surface area contributed by atoms with Crippen molar-refractivity contribution in [1.29, 1.82) is 0 Å². The van der Waals surface area contributed by atoms with Gasteiger partial charge in [0, 0.05) is 0 Å². The molecule has 1 amide bonds. The number of nitrogens with zero attached hydrogens (tertiary/aromatic N) is 1. The molecule has 0 fully saturated rings. The van der Waals surface area contributed by atoms with Gasteiger partial charge in [-0.15, -0.1) is 0 Å². The highest BCUT2D eigenvalue weighted by molar-refractivity contribution is 6.29. The average molecular weight is 213 g/mol. The van der Waals surface area contributed by atoms with Crippen LogP contribution in [0.5, 0.6) is 0 Å². The molecular weight excluding hydrogens is 200 g/mol. The van der Waals surface area contributed by atoms with Gasteiger partial charge in [0.1, 0.15) is 10.8 Å². The largest absolute Gasteiger partial charge is 0.364 e. The van der Waals surface area contributed by atoms with Crippen molar-refractivity contribution in [1.82, 2.24) is 4.98 Å². The number of primary amides is 1. The molecule has 1 heterocycles. The van der Waals surface area contributed by atoms with Crippen LogP contribution in [0.2, 0.25) is 5.15 Å². The Morgan fingerprint density at radius 1 is 1.43 bits per heavy atom. The summed E-state index contributed by atoms with van der Waals surface area (Å²) < 4.78 is 0. The minimum atomic E-state index is -0.544. The van der Waals surface area contributed by atoms with Gasteiger partial charge in [0.25, 0.3) is 5.91 Å². The maximum Gasteiger partial charge on any atom is 0.267 e. The standard InChI is InChI=1S/C10H13ClN2O/c1-10(2,3)6-4-5-7(11)13-8(6)9(12)14/h4-5H,1-3H3,(H2,12,14). The fourth-order valence-corrected chi connectivity index (χ4v) is 1.38. The van der Waals surface area contributed by atoms with Gasteiger partial charge in [0.2, 0.25) is 0 Å². The molecule has 0 unspecified atom stereocenters. The molecule has 0 saturated heterocycles. The SMILES string of the molecule is CC(C)(C)c1ccc(Cl)nc1C(N)=O. The van der Waals surface area contributed by atoms with Crippen LogP contribution in [0.25, 0.3) is 0 Å². The number of amides is 1. The molecule has 0 radical (unpaired) electrons. The quantitative estimate of drug-likeness (QED) is 0.725. The van der Waals surface area contributed by atoms with E-state index in [4.69, 9.17) is 17.3 Å². The molecule has 14 heavy (non-hydrogen) atoms. The number of carbonyl (C=O) groups is 1. The van der Waals surface area contributed by atoms with Gasteiger partial charge in [-0.1, -0.05) is 38.4 Å². The molecule has 0 aliphatic rings. The van der Waals surface area contributed by atoms with E-state index in [2.05, 4.69) is 4.98 Å². The third kappa shape index (κ3) is 2.23. The Kier molecular flexibility index (Phi) is 2.81. The monoisotopic (exact) mass is 212 g/mol. The Morgan fingerprint density at radius 2 is 2.00 bits per heavy atom. The van der Waals surface area contributed by atoms with E-state index in [1.165, 1.54) is 0 Å². The van der Waals surface area contributed by atoms with Crippen LogP contribution in [0.3, 0.4) is 0 Å². The minimum absolute atomic E-state index is 0.165. The summed E-state index contributed by atoms with van der Waals surface area (Å²) in [5.41, 5.74) is 6.12. The lowest BCUT2D eigenvalue weighted by atomic mass is 9.86. The van der Waals surface area contributed by atoms with Crippen molar-refractivity contribution in [3.05, 3.63) is 28.5 Å². The lowest BCUT2D eigenvalue weighted by Crippen LogP contribution is -2.22. The third-order valence-electron chi connectivity index (χ3n) is 1.90. The van der Waals surface area contributed by atoms with Crippen molar-refractivity contribution in [2.45, 2.75) is 26.2 Å². The van der Waals surface area contributed by atoms with Crippen LogP contribution < -0.4 is 5.73 Å². The first-order valence-electron chi connectivity index (χ1n) is 4.29. The van der Waals surface area contributed by atoms with Gasteiger partial charge in [0.15, 0.2) is 0 Å². The summed E-state index contributed by atoms with van der Waals surface area (Å²) in [5.74, 6) is -0.544. The summed E-state index contributed by atoms with van der Waals surface area (Å²) in [5, 5.41) is 0.284. The molecule has 1 aromatic heterocycles. The van der Waals surface area contributed by atoms with E-state index >= 15 is 0 Å². The normalized spacial score (nSPS) is 11.4. The van der Waals surface area contributed by atoms with E-state index < -0.39 is 5.91 Å². The molecule has 1 rings (SSSR count). The molecule has 0 aromatic carbocycles. The number of pyridine rings is 1. The molecule has 3 nitrogen and oxygen atoms in total. The van der Waals surface area contributed by atoms with E-state index in [0.29, 0.717) is 0 Å². The van der Waals surface area contributed by atoms with Gasteiger partial charge in [-0.2, -0.15) is 0 Å². The van der Waals surface area contributed by atoms with Crippen LogP contribution in [-0.2, 0) is 5.41 Å². The van der Waals surface area contributed by atoms with Crippen molar-refractivity contribution in [2.75, 3.05) is 0 Å². The molecule has 0 atom stereocenters. The number of hydrogen-bond acceptors (Lipinski definition) is 2. The second kappa shape index (κ2) is 3.58. The second-order valence-corrected chi connectivity index (χ2v) is 4.53. The maximum atomic E-state index is 11.1. The zero-order valence-corrected chi connectivity index (χ0v) is 9.22. The first-order chi connectivity index (χ1) is 6.32. The summed E-state index contributed by atoms with van der Waals surface area (Å²) in [7, 11) is 0. The highest BCUT2D eigenvalue weighted by Crippen LogP contribution is 2.25. The summed E-state index contributed by atoms with van der Waals surface area (Å²) >= 11 is 5.69. The van der Waals surface area contributed by atoms with Crippen LogP contribution in [0.4, 0.5) is 0 Å². The van der Waals surface area contributed by atoms with E-state index in [0.717, 1.165) is 5.56 Å². The van der Waals surface area contributed by atoms with Gasteiger partial charge in [0.05, 0.1) is 0 Å². The number of halogens is 1. The Morgan fingerprint density at radius 3 is 2.43 bits per heavy atom. The number of nitrogens with two attached hydrogens (primary N) is 1. The van der Waals surface area contributed by atoms with E-state index in [9.17, 15) is 4.79 Å². The van der Waals surface area contributed by atoms with E-state index in [1.54, 1.807) is 12.1 Å². The first-order valence-corrected chi connectivity index (χ1v) is 4.67. The van der Waals surface area contributed by atoms with Gasteiger partial charge < -0.3 is 5.73 Å². The fraction of sp³-hybridized carbons (Fsp3) is 0.400. The summed E-state index contributed by atoms with van der Waals surface area (Å²) in [6, 6.07) is 3.45. The predicted molar refractivity (Wildman–Crippen MR) is 56.5 cm³/mol. The smallest absolute Gasteiger partial charge is 0.267 e. The molecule has 1 aromatic rings. The fourth-order valence-electron chi connectivity index (χ4n) is 1.23. The maximum absolute atomic E-state index is 11.1. The van der Waals surface area contributed by atoms with E-state index in [-0.39, 0.29) is 16.3 Å². The lowest BCUT2D eigenvalue weighted by molar-refractivity contribution is 0.0993. The number of hydrogen-bond donors (Lipinski definition) is 1. The van der Waals surface area contributed by atoms with Crippen LogP contribution in [-0.4, -0.2) is 10.9 Å². The lowest BCUT2D eigenvalue weighted by Gasteiger charge is -2.20. The molecule has 0 spiro atoms. The Balaban J connectivity index is 3.37. The van der Waals surface area contributed by atoms with Crippen LogP contribution >= 0.6 is 11.6 Å². The molecule has 0 bridgehead atoms. The number of aromatic nitrogens is 1. The minimum Gasteiger partial charge on any atom is -0.364 e. The second-order valence-electron chi connectivity index (χ2n) is 4.14. The molecular formula is C10H13ClN2O. The van der Waals surface area contributed by atoms with Crippen LogP contribution in [0, 0.1) is 0 Å². The summed E-state index contributed by atoms with van der Waals surface area (Å²) in [6.07, 6.45) is 0. The van der Waals surface area contributed by atoms with Gasteiger partial charge in [-0.25, -0.2) is 4.98 Å². The van der Waals surface area contributed by atoms with Crippen molar-refractivity contribution < 1.29 is 4.79 Å². The third-order valence-corrected chi connectivity index (χ3v) is 2.11. The van der Waals surface area contributed by atoms with Crippen molar-refractivity contribution in [3.63, 3.8) is 0 Å². The molecule has 0 saturated carbocycles. The zero-order chi connectivity index (χ0) is 10.9. The van der Waals surface area contributed by atoms with Crippen LogP contribution in [0.15, 0.2) is 12.1 Å². The number of carbonyl (C=O) groups excluding carboxylic acids is 1. The van der Waals surface area contributed by atoms with Gasteiger partial charge >= 0.3 is 0 Å². The highest BCUT2D eigenvalue weighted by Gasteiger charge is 2.21. The van der Waals surface area contributed by atoms with Gasteiger partial charge in [-0.05, 0) is 17.0 Å². The molecule has 0 aliphatic carbocycles. The summed E-state index contributed by atoms with van der Waals surface area (Å²) in [6.45, 7) is 5.97. The summed E-state index contributed by atoms with van der Waals surface area (Å²) in [4.78, 5) is 15.1. The topological polar surface area (TPSA) is 56.0 Å². The average Bonchev–Trinajstić information content (AvgIpc) is 2.01. The highest BCUT2D eigenvalue weighted by atomic mass is 35.5.